The van der Waals surface area contributed by atoms with Gasteiger partial charge in [0, 0.05) is 17.6 Å². The summed E-state index contributed by atoms with van der Waals surface area (Å²) in [6.45, 7) is 5.93. The second kappa shape index (κ2) is 7.72. The van der Waals surface area contributed by atoms with Gasteiger partial charge in [0.15, 0.2) is 0 Å². The van der Waals surface area contributed by atoms with E-state index in [4.69, 9.17) is 0 Å². The fourth-order valence-electron chi connectivity index (χ4n) is 3.58. The van der Waals surface area contributed by atoms with Crippen LogP contribution >= 0.6 is 0 Å². The summed E-state index contributed by atoms with van der Waals surface area (Å²) < 4.78 is 28.1. The number of nitrogens with one attached hydrogen (secondary N) is 1. The molecule has 1 heterocycles. The van der Waals surface area contributed by atoms with Crippen LogP contribution in [-0.2, 0) is 16.4 Å². The first-order valence-electron chi connectivity index (χ1n) is 9.41. The minimum absolute atomic E-state index is 0.0863. The lowest BCUT2D eigenvalue weighted by atomic mass is 10.1. The van der Waals surface area contributed by atoms with Gasteiger partial charge < -0.3 is 5.32 Å². The number of fused-ring (bicyclic) bond motifs is 1. The molecule has 0 bridgehead atoms. The number of nitrogens with zero attached hydrogens (tertiary/aromatic N) is 1. The lowest BCUT2D eigenvalue weighted by Gasteiger charge is -2.24. The number of carbonyl (C=O) groups excluding carboxylic acids is 1. The molecule has 1 N–H and O–H groups in total. The molecule has 1 atom stereocenters. The minimum atomic E-state index is -3.74. The normalized spacial score (nSPS) is 16.4. The van der Waals surface area contributed by atoms with E-state index < -0.39 is 10.0 Å². The van der Waals surface area contributed by atoms with Gasteiger partial charge in [-0.3, -0.25) is 9.10 Å². The van der Waals surface area contributed by atoms with E-state index in [-0.39, 0.29) is 22.9 Å². The smallest absolute Gasteiger partial charge is 0.264 e. The fraction of sp³-hybridized carbons (Fsp3) is 0.381. The van der Waals surface area contributed by atoms with Gasteiger partial charge in [0.2, 0.25) is 0 Å². The van der Waals surface area contributed by atoms with Crippen molar-refractivity contribution in [3.8, 4) is 0 Å². The Morgan fingerprint density at radius 1 is 1.15 bits per heavy atom. The van der Waals surface area contributed by atoms with Crippen LogP contribution in [0.15, 0.2) is 53.4 Å². The lowest BCUT2D eigenvalue weighted by Crippen LogP contribution is -2.36. The summed E-state index contributed by atoms with van der Waals surface area (Å²) in [6.07, 6.45) is 2.36. The van der Waals surface area contributed by atoms with Gasteiger partial charge in [0.25, 0.3) is 15.9 Å². The Morgan fingerprint density at radius 2 is 1.85 bits per heavy atom. The van der Waals surface area contributed by atoms with Crippen LogP contribution in [-0.4, -0.2) is 26.4 Å². The molecule has 2 aromatic rings. The quantitative estimate of drug-likeness (QED) is 0.822. The van der Waals surface area contributed by atoms with Gasteiger partial charge in [-0.15, -0.1) is 0 Å². The summed E-state index contributed by atoms with van der Waals surface area (Å²) in [5.74, 6) is -0.240. The molecule has 0 spiro atoms. The average Bonchev–Trinajstić information content (AvgIpc) is 3.02. The van der Waals surface area contributed by atoms with Crippen molar-refractivity contribution < 1.29 is 13.2 Å². The van der Waals surface area contributed by atoms with E-state index in [0.717, 1.165) is 24.1 Å². The van der Waals surface area contributed by atoms with E-state index in [1.54, 1.807) is 18.2 Å². The molecule has 0 fully saturated rings. The number of carbonyl (C=O) groups is 1. The topological polar surface area (TPSA) is 66.5 Å². The van der Waals surface area contributed by atoms with Crippen molar-refractivity contribution >= 4 is 21.6 Å². The SMILES string of the molecule is CCC(CC)NC(=O)c1cccc(S(=O)(=O)N2c3ccccc3CC2C)c1. The summed E-state index contributed by atoms with van der Waals surface area (Å²) in [4.78, 5) is 12.7. The zero-order chi connectivity index (χ0) is 19.6. The Bertz CT molecular complexity index is 936. The van der Waals surface area contributed by atoms with E-state index in [9.17, 15) is 13.2 Å². The molecule has 6 heteroatoms. The van der Waals surface area contributed by atoms with Gasteiger partial charge in [0.05, 0.1) is 10.6 Å². The number of sulfonamides is 1. The molecule has 1 unspecified atom stereocenters. The zero-order valence-electron chi connectivity index (χ0n) is 16.0. The number of para-hydroxylation sites is 1. The summed E-state index contributed by atoms with van der Waals surface area (Å²) in [7, 11) is -3.74. The van der Waals surface area contributed by atoms with Crippen LogP contribution in [0.1, 0.15) is 49.5 Å². The molecule has 1 aliphatic heterocycles. The molecular weight excluding hydrogens is 360 g/mol. The second-order valence-electron chi connectivity index (χ2n) is 7.00. The van der Waals surface area contributed by atoms with Crippen LogP contribution in [0.3, 0.4) is 0 Å². The maximum Gasteiger partial charge on any atom is 0.264 e. The monoisotopic (exact) mass is 386 g/mol. The molecule has 27 heavy (non-hydrogen) atoms. The standard InChI is InChI=1S/C21H26N2O3S/c1-4-18(5-2)22-21(24)17-10-8-11-19(14-17)27(25,26)23-15(3)13-16-9-6-7-12-20(16)23/h6-12,14-15,18H,4-5,13H2,1-3H3,(H,22,24). The lowest BCUT2D eigenvalue weighted by molar-refractivity contribution is 0.0934. The minimum Gasteiger partial charge on any atom is -0.349 e. The van der Waals surface area contributed by atoms with E-state index in [0.29, 0.717) is 12.0 Å². The first-order chi connectivity index (χ1) is 12.9. The average molecular weight is 387 g/mol. The van der Waals surface area contributed by atoms with Crippen LogP contribution in [0, 0.1) is 0 Å². The van der Waals surface area contributed by atoms with Gasteiger partial charge in [-0.05, 0) is 56.0 Å². The van der Waals surface area contributed by atoms with E-state index in [1.165, 1.54) is 10.4 Å². The Hall–Kier alpha value is -2.34. The Kier molecular flexibility index (Phi) is 5.56. The maximum atomic E-state index is 13.3. The summed E-state index contributed by atoms with van der Waals surface area (Å²) in [5, 5.41) is 2.96. The molecule has 1 aliphatic rings. The van der Waals surface area contributed by atoms with Crippen LogP contribution in [0.5, 0.6) is 0 Å². The zero-order valence-corrected chi connectivity index (χ0v) is 16.8. The van der Waals surface area contributed by atoms with Crippen molar-refractivity contribution in [1.29, 1.82) is 0 Å². The van der Waals surface area contributed by atoms with Crippen LogP contribution < -0.4 is 9.62 Å². The number of rotatable bonds is 6. The number of amides is 1. The number of hydrogen-bond donors (Lipinski definition) is 1. The summed E-state index contributed by atoms with van der Waals surface area (Å²) >= 11 is 0. The molecule has 5 nitrogen and oxygen atoms in total. The molecule has 0 saturated carbocycles. The Morgan fingerprint density at radius 3 is 2.56 bits per heavy atom. The third-order valence-electron chi connectivity index (χ3n) is 5.12. The highest BCUT2D eigenvalue weighted by atomic mass is 32.2. The molecule has 3 rings (SSSR count). The predicted molar refractivity (Wildman–Crippen MR) is 108 cm³/mol. The van der Waals surface area contributed by atoms with Crippen molar-refractivity contribution in [3.63, 3.8) is 0 Å². The number of anilines is 1. The number of benzene rings is 2. The highest BCUT2D eigenvalue weighted by Crippen LogP contribution is 2.36. The van der Waals surface area contributed by atoms with Gasteiger partial charge in [0.1, 0.15) is 0 Å². The fourth-order valence-corrected chi connectivity index (χ4v) is 5.32. The predicted octanol–water partition coefficient (Wildman–Crippen LogP) is 3.74. The van der Waals surface area contributed by atoms with Crippen LogP contribution in [0.25, 0.3) is 0 Å². The molecule has 1 amide bonds. The second-order valence-corrected chi connectivity index (χ2v) is 8.81. The van der Waals surface area contributed by atoms with E-state index >= 15 is 0 Å². The first kappa shape index (κ1) is 19.4. The van der Waals surface area contributed by atoms with Crippen LogP contribution in [0.2, 0.25) is 0 Å². The molecule has 0 aliphatic carbocycles. The molecule has 144 valence electrons. The Labute approximate surface area is 161 Å². The molecule has 0 saturated heterocycles. The van der Waals surface area contributed by atoms with Gasteiger partial charge in [-0.25, -0.2) is 8.42 Å². The van der Waals surface area contributed by atoms with Crippen molar-refractivity contribution in [3.05, 3.63) is 59.7 Å². The maximum absolute atomic E-state index is 13.3. The summed E-state index contributed by atoms with van der Waals surface area (Å²) in [5.41, 5.74) is 2.11. The number of hydrogen-bond acceptors (Lipinski definition) is 3. The molecule has 0 radical (unpaired) electrons. The van der Waals surface area contributed by atoms with Crippen molar-refractivity contribution in [2.45, 2.75) is 57.0 Å². The van der Waals surface area contributed by atoms with Gasteiger partial charge in [-0.2, -0.15) is 0 Å². The highest BCUT2D eigenvalue weighted by Gasteiger charge is 2.36. The largest absolute Gasteiger partial charge is 0.349 e. The molecular formula is C21H26N2O3S. The van der Waals surface area contributed by atoms with Gasteiger partial charge in [-0.1, -0.05) is 38.1 Å². The highest BCUT2D eigenvalue weighted by molar-refractivity contribution is 7.92. The van der Waals surface area contributed by atoms with Crippen molar-refractivity contribution in [2.75, 3.05) is 4.31 Å². The Balaban J connectivity index is 1.94. The van der Waals surface area contributed by atoms with Crippen molar-refractivity contribution in [1.82, 2.24) is 5.32 Å². The molecule has 2 aromatic carbocycles. The van der Waals surface area contributed by atoms with E-state index in [2.05, 4.69) is 5.32 Å². The van der Waals surface area contributed by atoms with Crippen LogP contribution in [0.4, 0.5) is 5.69 Å². The van der Waals surface area contributed by atoms with Crippen molar-refractivity contribution in [2.24, 2.45) is 0 Å². The van der Waals surface area contributed by atoms with Gasteiger partial charge >= 0.3 is 0 Å². The third-order valence-corrected chi connectivity index (χ3v) is 7.04. The third kappa shape index (κ3) is 3.72. The first-order valence-corrected chi connectivity index (χ1v) is 10.9. The van der Waals surface area contributed by atoms with E-state index in [1.807, 2.05) is 45.0 Å². The summed E-state index contributed by atoms with van der Waals surface area (Å²) in [6, 6.07) is 13.8. The molecule has 0 aromatic heterocycles.